The van der Waals surface area contributed by atoms with Crippen LogP contribution in [-0.2, 0) is 0 Å². The molecule has 0 saturated heterocycles. The van der Waals surface area contributed by atoms with Crippen molar-refractivity contribution >= 4 is 49.7 Å². The summed E-state index contributed by atoms with van der Waals surface area (Å²) in [5.74, 6) is 0.702. The Bertz CT molecular complexity index is 2350. The Balaban J connectivity index is 1.21. The molecule has 2 unspecified atom stereocenters. The van der Waals surface area contributed by atoms with Crippen molar-refractivity contribution in [2.75, 3.05) is 0 Å². The second-order valence-corrected chi connectivity index (χ2v) is 11.1. The molecule has 2 atom stereocenters. The molecule has 3 aromatic heterocycles. The Hall–Kier alpha value is -5.72. The molecule has 210 valence electrons. The number of furan rings is 2. The molecule has 0 aliphatic carbocycles. The van der Waals surface area contributed by atoms with Crippen LogP contribution in [0.25, 0.3) is 55.0 Å². The lowest BCUT2D eigenvalue weighted by molar-refractivity contribution is 0.410. The van der Waals surface area contributed by atoms with Gasteiger partial charge in [-0.15, -0.1) is 0 Å². The maximum atomic E-state index is 6.25. The van der Waals surface area contributed by atoms with E-state index in [0.29, 0.717) is 5.84 Å². The van der Waals surface area contributed by atoms with Crippen LogP contribution >= 0.6 is 0 Å². The summed E-state index contributed by atoms with van der Waals surface area (Å²) in [6.07, 6.45) is 1.18. The number of hydrogen-bond donors (Lipinski definition) is 2. The minimum atomic E-state index is -0.329. The van der Waals surface area contributed by atoms with Gasteiger partial charge < -0.3 is 14.2 Å². The maximum Gasteiger partial charge on any atom is 0.151 e. The van der Waals surface area contributed by atoms with E-state index in [9.17, 15) is 0 Å². The van der Waals surface area contributed by atoms with Gasteiger partial charge in [-0.05, 0) is 41.0 Å². The summed E-state index contributed by atoms with van der Waals surface area (Å²) < 4.78 is 12.5. The van der Waals surface area contributed by atoms with Gasteiger partial charge in [-0.25, -0.2) is 4.99 Å². The molecule has 8 aromatic rings. The van der Waals surface area contributed by atoms with E-state index in [1.807, 2.05) is 54.6 Å². The van der Waals surface area contributed by atoms with Gasteiger partial charge in [0.25, 0.3) is 0 Å². The molecular formula is C38H26N4O2. The molecule has 1 aliphatic heterocycles. The third kappa shape index (κ3) is 4.00. The number of rotatable bonds is 4. The predicted molar refractivity (Wildman–Crippen MR) is 175 cm³/mol. The SMILES string of the molecule is c1ccc(-c2ccc(C3N=C(c4nccc5oc6ccccc6c45)NC(c4cccc5oc6ccccc6c45)N3)cc2)cc1. The molecule has 0 radical (unpaired) electrons. The number of para-hydroxylation sites is 2. The van der Waals surface area contributed by atoms with Crippen LogP contribution in [0.4, 0.5) is 0 Å². The molecule has 6 heteroatoms. The van der Waals surface area contributed by atoms with Gasteiger partial charge in [0.2, 0.25) is 0 Å². The lowest BCUT2D eigenvalue weighted by atomic mass is 10.0. The lowest BCUT2D eigenvalue weighted by Gasteiger charge is -2.32. The fourth-order valence-electron chi connectivity index (χ4n) is 6.39. The van der Waals surface area contributed by atoms with E-state index in [2.05, 4.69) is 83.4 Å². The van der Waals surface area contributed by atoms with E-state index >= 15 is 0 Å². The molecule has 0 amide bonds. The van der Waals surface area contributed by atoms with E-state index in [4.69, 9.17) is 18.8 Å². The van der Waals surface area contributed by atoms with Gasteiger partial charge in [-0.2, -0.15) is 0 Å². The zero-order chi connectivity index (χ0) is 29.0. The molecule has 6 nitrogen and oxygen atoms in total. The van der Waals surface area contributed by atoms with Gasteiger partial charge in [-0.3, -0.25) is 10.3 Å². The molecule has 0 spiro atoms. The van der Waals surface area contributed by atoms with Gasteiger partial charge >= 0.3 is 0 Å². The van der Waals surface area contributed by atoms with Gasteiger partial charge in [0.05, 0.1) is 5.39 Å². The molecule has 44 heavy (non-hydrogen) atoms. The lowest BCUT2D eigenvalue weighted by Crippen LogP contribution is -2.45. The van der Waals surface area contributed by atoms with Crippen LogP contribution in [0.2, 0.25) is 0 Å². The topological polar surface area (TPSA) is 75.6 Å². The third-order valence-corrected chi connectivity index (χ3v) is 8.46. The Morgan fingerprint density at radius 1 is 0.545 bits per heavy atom. The average molecular weight is 571 g/mol. The standard InChI is InChI=1S/C38H26N4O2/c1-2-9-23(10-3-1)24-17-19-25(20-18-24)36-40-37(28-13-8-16-31-33(28)26-11-4-6-14-29(26)43-31)42-38(41-36)35-34-27-12-5-7-15-30(27)44-32(34)21-22-39-35/h1-22,36-37,40H,(H,41,42). The largest absolute Gasteiger partial charge is 0.456 e. The van der Waals surface area contributed by atoms with Crippen LogP contribution in [0.15, 0.2) is 147 Å². The van der Waals surface area contributed by atoms with E-state index in [-0.39, 0.29) is 12.3 Å². The number of aliphatic imine (C=N–C) groups is 1. The minimum absolute atomic E-state index is 0.277. The first-order valence-electron chi connectivity index (χ1n) is 14.7. The zero-order valence-electron chi connectivity index (χ0n) is 23.6. The van der Waals surface area contributed by atoms with Crippen LogP contribution in [0.3, 0.4) is 0 Å². The highest BCUT2D eigenvalue weighted by atomic mass is 16.3. The van der Waals surface area contributed by atoms with Gasteiger partial charge in [-0.1, -0.05) is 103 Å². The van der Waals surface area contributed by atoms with Crippen molar-refractivity contribution < 1.29 is 8.83 Å². The molecule has 0 saturated carbocycles. The van der Waals surface area contributed by atoms with Gasteiger partial charge in [0.15, 0.2) is 5.84 Å². The molecule has 5 aromatic carbocycles. The fourth-order valence-corrected chi connectivity index (χ4v) is 6.39. The van der Waals surface area contributed by atoms with Crippen LogP contribution in [-0.4, -0.2) is 10.8 Å². The number of nitrogens with one attached hydrogen (secondary N) is 2. The van der Waals surface area contributed by atoms with Crippen molar-refractivity contribution in [2.24, 2.45) is 4.99 Å². The summed E-state index contributed by atoms with van der Waals surface area (Å²) in [5, 5.41) is 11.6. The zero-order valence-corrected chi connectivity index (χ0v) is 23.6. The molecule has 9 rings (SSSR count). The van der Waals surface area contributed by atoms with Crippen LogP contribution in [0, 0.1) is 0 Å². The first-order chi connectivity index (χ1) is 21.8. The third-order valence-electron chi connectivity index (χ3n) is 8.46. The summed E-state index contributed by atoms with van der Waals surface area (Å²) in [6.45, 7) is 0. The summed E-state index contributed by atoms with van der Waals surface area (Å²) >= 11 is 0. The Labute approximate surface area is 252 Å². The van der Waals surface area contributed by atoms with Crippen LogP contribution in [0.1, 0.15) is 29.2 Å². The number of benzene rings is 5. The predicted octanol–water partition coefficient (Wildman–Crippen LogP) is 8.88. The molecular weight excluding hydrogens is 544 g/mol. The van der Waals surface area contributed by atoms with Crippen molar-refractivity contribution in [3.05, 3.63) is 150 Å². The molecule has 2 N–H and O–H groups in total. The first-order valence-corrected chi connectivity index (χ1v) is 14.7. The summed E-state index contributed by atoms with van der Waals surface area (Å²) in [4.78, 5) is 10.1. The van der Waals surface area contributed by atoms with Crippen molar-refractivity contribution in [1.82, 2.24) is 15.6 Å². The van der Waals surface area contributed by atoms with E-state index in [1.54, 1.807) is 6.20 Å². The number of hydrogen-bond acceptors (Lipinski definition) is 6. The molecule has 0 fully saturated rings. The first kappa shape index (κ1) is 24.8. The van der Waals surface area contributed by atoms with E-state index in [0.717, 1.165) is 66.3 Å². The second kappa shape index (κ2) is 9.93. The monoisotopic (exact) mass is 570 g/mol. The van der Waals surface area contributed by atoms with Crippen LogP contribution < -0.4 is 10.6 Å². The van der Waals surface area contributed by atoms with Crippen molar-refractivity contribution in [1.29, 1.82) is 0 Å². The second-order valence-electron chi connectivity index (χ2n) is 11.1. The number of fused-ring (bicyclic) bond motifs is 6. The number of amidine groups is 1. The Morgan fingerprint density at radius 3 is 1.95 bits per heavy atom. The van der Waals surface area contributed by atoms with Gasteiger partial charge in [0.1, 0.15) is 40.4 Å². The quantitative estimate of drug-likeness (QED) is 0.221. The summed E-state index contributed by atoms with van der Waals surface area (Å²) in [6, 6.07) is 43.4. The highest BCUT2D eigenvalue weighted by molar-refractivity contribution is 6.17. The van der Waals surface area contributed by atoms with Crippen LogP contribution in [0.5, 0.6) is 0 Å². The normalized spacial score (nSPS) is 16.9. The van der Waals surface area contributed by atoms with Gasteiger partial charge in [0, 0.05) is 27.9 Å². The number of pyridine rings is 1. The minimum Gasteiger partial charge on any atom is -0.456 e. The van der Waals surface area contributed by atoms with E-state index < -0.39 is 0 Å². The number of aromatic nitrogens is 1. The smallest absolute Gasteiger partial charge is 0.151 e. The summed E-state index contributed by atoms with van der Waals surface area (Å²) in [5.41, 5.74) is 8.56. The highest BCUT2D eigenvalue weighted by Crippen LogP contribution is 2.37. The maximum absolute atomic E-state index is 6.25. The molecule has 4 heterocycles. The summed E-state index contributed by atoms with van der Waals surface area (Å²) in [7, 11) is 0. The molecule has 0 bridgehead atoms. The van der Waals surface area contributed by atoms with Crippen molar-refractivity contribution in [3.63, 3.8) is 0 Å². The fraction of sp³-hybridized carbons (Fsp3) is 0.0526. The highest BCUT2D eigenvalue weighted by Gasteiger charge is 2.29. The molecule has 1 aliphatic rings. The number of nitrogens with zero attached hydrogens (tertiary/aromatic N) is 2. The van der Waals surface area contributed by atoms with E-state index in [1.165, 1.54) is 5.56 Å². The Morgan fingerprint density at radius 2 is 1.18 bits per heavy atom. The van der Waals surface area contributed by atoms with Crippen molar-refractivity contribution in [2.45, 2.75) is 12.3 Å². The van der Waals surface area contributed by atoms with Crippen molar-refractivity contribution in [3.8, 4) is 11.1 Å². The Kier molecular flexibility index (Phi) is 5.61. The average Bonchev–Trinajstić information content (AvgIpc) is 3.67.